The fraction of sp³-hybridized carbons (Fsp3) is 0.333. The van der Waals surface area contributed by atoms with Gasteiger partial charge in [-0.15, -0.1) is 0 Å². The van der Waals surface area contributed by atoms with Crippen molar-refractivity contribution in [1.82, 2.24) is 4.98 Å². The summed E-state index contributed by atoms with van der Waals surface area (Å²) in [4.78, 5) is 15.5. The Morgan fingerprint density at radius 2 is 2.07 bits per heavy atom. The molecule has 1 rings (SSSR count). The number of nitrogens with one attached hydrogen (secondary N) is 1. The lowest BCUT2D eigenvalue weighted by molar-refractivity contribution is -0.118. The van der Waals surface area contributed by atoms with E-state index in [4.69, 9.17) is 0 Å². The third kappa shape index (κ3) is 3.06. The van der Waals surface area contributed by atoms with Crippen LogP contribution in [-0.4, -0.2) is 10.9 Å². The molecular weight excluding hydrogens is 312 g/mol. The second kappa shape index (κ2) is 4.89. The predicted molar refractivity (Wildman–Crippen MR) is 63.1 cm³/mol. The van der Waals surface area contributed by atoms with E-state index in [-0.39, 0.29) is 11.8 Å². The highest BCUT2D eigenvalue weighted by molar-refractivity contribution is 9.11. The molecule has 1 aromatic rings. The number of aromatic nitrogens is 1. The normalized spacial score (nSPS) is 10.4. The Kier molecular flexibility index (Phi) is 4.07. The van der Waals surface area contributed by atoms with Gasteiger partial charge in [0, 0.05) is 5.92 Å². The van der Waals surface area contributed by atoms with Crippen molar-refractivity contribution in [2.24, 2.45) is 5.92 Å². The first kappa shape index (κ1) is 11.7. The number of nitrogens with zero attached hydrogens (tertiary/aromatic N) is 1. The van der Waals surface area contributed by atoms with Gasteiger partial charge in [-0.3, -0.25) is 4.79 Å². The number of hydrogen-bond donors (Lipinski definition) is 1. The maximum Gasteiger partial charge on any atom is 0.226 e. The number of anilines is 1. The number of halogens is 2. The molecule has 5 heteroatoms. The summed E-state index contributed by atoms with van der Waals surface area (Å²) in [6.07, 6.45) is 0. The fourth-order valence-corrected chi connectivity index (χ4v) is 1.75. The van der Waals surface area contributed by atoms with Crippen molar-refractivity contribution in [3.05, 3.63) is 21.3 Å². The van der Waals surface area contributed by atoms with E-state index in [0.717, 1.165) is 4.60 Å². The van der Waals surface area contributed by atoms with Crippen LogP contribution >= 0.6 is 31.9 Å². The summed E-state index contributed by atoms with van der Waals surface area (Å²) in [5.41, 5.74) is 0.687. The van der Waals surface area contributed by atoms with Crippen molar-refractivity contribution >= 4 is 43.5 Å². The Bertz CT molecular complexity index is 353. The smallest absolute Gasteiger partial charge is 0.226 e. The summed E-state index contributed by atoms with van der Waals surface area (Å²) >= 11 is 6.51. The van der Waals surface area contributed by atoms with Crippen molar-refractivity contribution in [3.63, 3.8) is 0 Å². The van der Waals surface area contributed by atoms with Crippen LogP contribution in [0.15, 0.2) is 21.3 Å². The molecular formula is C9H10Br2N2O. The minimum Gasteiger partial charge on any atom is -0.324 e. The third-order valence-electron chi connectivity index (χ3n) is 1.60. The van der Waals surface area contributed by atoms with Crippen LogP contribution in [-0.2, 0) is 4.79 Å². The summed E-state index contributed by atoms with van der Waals surface area (Å²) in [5, 5.41) is 2.77. The molecule has 3 nitrogen and oxygen atoms in total. The second-order valence-corrected chi connectivity index (χ2v) is 4.68. The van der Waals surface area contributed by atoms with Crippen LogP contribution in [0.4, 0.5) is 5.69 Å². The lowest BCUT2D eigenvalue weighted by Gasteiger charge is -2.08. The minimum absolute atomic E-state index is 0.0187. The number of amides is 1. The quantitative estimate of drug-likeness (QED) is 0.850. The van der Waals surface area contributed by atoms with Crippen molar-refractivity contribution in [1.29, 1.82) is 0 Å². The standard InChI is InChI=1S/C9H10Br2N2O/c1-5(2)9(14)12-6-3-4-7(10)13-8(6)11/h3-5H,1-2H3,(H,12,14). The van der Waals surface area contributed by atoms with E-state index < -0.39 is 0 Å². The third-order valence-corrected chi connectivity index (χ3v) is 2.64. The van der Waals surface area contributed by atoms with E-state index in [1.54, 1.807) is 12.1 Å². The van der Waals surface area contributed by atoms with E-state index >= 15 is 0 Å². The van der Waals surface area contributed by atoms with Crippen molar-refractivity contribution in [2.45, 2.75) is 13.8 Å². The SMILES string of the molecule is CC(C)C(=O)Nc1ccc(Br)nc1Br. The zero-order valence-corrected chi connectivity index (χ0v) is 11.0. The molecule has 0 aromatic carbocycles. The number of carbonyl (C=O) groups excluding carboxylic acids is 1. The summed E-state index contributed by atoms with van der Waals surface area (Å²) in [6.45, 7) is 3.69. The lowest BCUT2D eigenvalue weighted by Crippen LogP contribution is -2.18. The van der Waals surface area contributed by atoms with Gasteiger partial charge >= 0.3 is 0 Å². The lowest BCUT2D eigenvalue weighted by atomic mass is 10.2. The molecule has 0 aliphatic heterocycles. The van der Waals surface area contributed by atoms with Crippen molar-refractivity contribution in [2.75, 3.05) is 5.32 Å². The minimum atomic E-state index is -0.0365. The molecule has 1 aromatic heterocycles. The number of hydrogen-bond acceptors (Lipinski definition) is 2. The molecule has 0 bridgehead atoms. The van der Waals surface area contributed by atoms with Gasteiger partial charge < -0.3 is 5.32 Å². The highest BCUT2D eigenvalue weighted by Crippen LogP contribution is 2.22. The molecule has 0 atom stereocenters. The molecule has 0 saturated heterocycles. The van der Waals surface area contributed by atoms with Gasteiger partial charge in [0.2, 0.25) is 5.91 Å². The number of rotatable bonds is 2. The number of pyridine rings is 1. The maximum atomic E-state index is 11.4. The summed E-state index contributed by atoms with van der Waals surface area (Å²) < 4.78 is 1.35. The van der Waals surface area contributed by atoms with Gasteiger partial charge in [0.1, 0.15) is 9.21 Å². The molecule has 0 aliphatic rings. The van der Waals surface area contributed by atoms with Gasteiger partial charge in [-0.25, -0.2) is 4.98 Å². The molecule has 0 fully saturated rings. The first-order valence-corrected chi connectivity index (χ1v) is 5.72. The van der Waals surface area contributed by atoms with Crippen LogP contribution in [0.3, 0.4) is 0 Å². The molecule has 1 heterocycles. The van der Waals surface area contributed by atoms with Gasteiger partial charge in [0.25, 0.3) is 0 Å². The van der Waals surface area contributed by atoms with Gasteiger partial charge in [-0.2, -0.15) is 0 Å². The Morgan fingerprint density at radius 1 is 1.43 bits per heavy atom. The zero-order chi connectivity index (χ0) is 10.7. The monoisotopic (exact) mass is 320 g/mol. The van der Waals surface area contributed by atoms with Crippen molar-refractivity contribution < 1.29 is 4.79 Å². The average Bonchev–Trinajstić information content (AvgIpc) is 2.09. The van der Waals surface area contributed by atoms with Crippen LogP contribution < -0.4 is 5.32 Å². The maximum absolute atomic E-state index is 11.4. The Hall–Kier alpha value is -0.420. The fourth-order valence-electron chi connectivity index (χ4n) is 0.782. The van der Waals surface area contributed by atoms with Crippen LogP contribution in [0.5, 0.6) is 0 Å². The molecule has 14 heavy (non-hydrogen) atoms. The van der Waals surface area contributed by atoms with E-state index in [2.05, 4.69) is 42.2 Å². The largest absolute Gasteiger partial charge is 0.324 e. The second-order valence-electron chi connectivity index (χ2n) is 3.12. The topological polar surface area (TPSA) is 42.0 Å². The first-order chi connectivity index (χ1) is 6.50. The summed E-state index contributed by atoms with van der Waals surface area (Å²) in [5.74, 6) is -0.0552. The molecule has 1 N–H and O–H groups in total. The molecule has 0 aliphatic carbocycles. The van der Waals surface area contributed by atoms with Crippen molar-refractivity contribution in [3.8, 4) is 0 Å². The van der Waals surface area contributed by atoms with Crippen LogP contribution in [0.25, 0.3) is 0 Å². The first-order valence-electron chi connectivity index (χ1n) is 4.13. The van der Waals surface area contributed by atoms with Gasteiger partial charge in [-0.1, -0.05) is 13.8 Å². The van der Waals surface area contributed by atoms with Crippen LogP contribution in [0, 0.1) is 5.92 Å². The summed E-state index contributed by atoms with van der Waals surface area (Å²) in [7, 11) is 0. The van der Waals surface area contributed by atoms with Crippen LogP contribution in [0.1, 0.15) is 13.8 Å². The van der Waals surface area contributed by atoms with E-state index in [1.807, 2.05) is 13.8 Å². The molecule has 0 radical (unpaired) electrons. The number of carbonyl (C=O) groups is 1. The van der Waals surface area contributed by atoms with Gasteiger partial charge in [-0.05, 0) is 44.0 Å². The van der Waals surface area contributed by atoms with Gasteiger partial charge in [0.15, 0.2) is 0 Å². The van der Waals surface area contributed by atoms with Crippen LogP contribution in [0.2, 0.25) is 0 Å². The molecule has 1 amide bonds. The molecule has 76 valence electrons. The summed E-state index contributed by atoms with van der Waals surface area (Å²) in [6, 6.07) is 3.57. The predicted octanol–water partition coefficient (Wildman–Crippen LogP) is 3.20. The molecule has 0 unspecified atom stereocenters. The average molecular weight is 322 g/mol. The zero-order valence-electron chi connectivity index (χ0n) is 7.84. The van der Waals surface area contributed by atoms with E-state index in [9.17, 15) is 4.79 Å². The van der Waals surface area contributed by atoms with E-state index in [0.29, 0.717) is 10.3 Å². The van der Waals surface area contributed by atoms with Gasteiger partial charge in [0.05, 0.1) is 5.69 Å². The Morgan fingerprint density at radius 3 is 2.57 bits per heavy atom. The highest BCUT2D eigenvalue weighted by Gasteiger charge is 2.09. The van der Waals surface area contributed by atoms with E-state index in [1.165, 1.54) is 0 Å². The highest BCUT2D eigenvalue weighted by atomic mass is 79.9. The Labute approximate surface area is 99.6 Å². The molecule has 0 saturated carbocycles. The Balaban J connectivity index is 2.82. The molecule has 0 spiro atoms.